The first-order valence-electron chi connectivity index (χ1n) is 5.52. The molecule has 1 amide bonds. The van der Waals surface area contributed by atoms with Crippen molar-refractivity contribution in [1.29, 1.82) is 0 Å². The van der Waals surface area contributed by atoms with Crippen molar-refractivity contribution in [3.8, 4) is 12.3 Å². The van der Waals surface area contributed by atoms with Crippen molar-refractivity contribution in [3.05, 3.63) is 35.4 Å². The van der Waals surface area contributed by atoms with Gasteiger partial charge in [0, 0.05) is 5.56 Å². The van der Waals surface area contributed by atoms with Crippen LogP contribution in [0.15, 0.2) is 24.3 Å². The van der Waals surface area contributed by atoms with Gasteiger partial charge < -0.3 is 15.2 Å². The van der Waals surface area contributed by atoms with E-state index in [0.717, 1.165) is 0 Å². The smallest absolute Gasteiger partial charge is 0.408 e. The summed E-state index contributed by atoms with van der Waals surface area (Å²) in [5.41, 5.74) is 0.911. The summed E-state index contributed by atoms with van der Waals surface area (Å²) in [5.74, 6) is 1.13. The summed E-state index contributed by atoms with van der Waals surface area (Å²) in [4.78, 5) is 22.7. The molecule has 0 radical (unpaired) electrons. The van der Waals surface area contributed by atoms with E-state index in [4.69, 9.17) is 46.3 Å². The molecule has 0 heterocycles. The predicted molar refractivity (Wildman–Crippen MR) is 79.5 cm³/mol. The summed E-state index contributed by atoms with van der Waals surface area (Å²) in [6.45, 7) is -0.508. The molecule has 0 spiro atoms. The van der Waals surface area contributed by atoms with Gasteiger partial charge in [-0.15, -0.1) is 6.42 Å². The first kappa shape index (κ1) is 17.4. The van der Waals surface area contributed by atoms with Crippen molar-refractivity contribution < 1.29 is 19.4 Å². The second-order valence-corrected chi connectivity index (χ2v) is 6.39. The SMILES string of the molecule is C#Cc1ccc([C@@H](NC(=O)OCC(Cl)(Cl)Cl)C(=O)O)cc1. The lowest BCUT2D eigenvalue weighted by Crippen LogP contribution is -2.35. The molecule has 1 rings (SSSR count). The number of hydrogen-bond acceptors (Lipinski definition) is 3. The lowest BCUT2D eigenvalue weighted by atomic mass is 10.1. The first-order chi connectivity index (χ1) is 9.73. The molecule has 0 unspecified atom stereocenters. The van der Waals surface area contributed by atoms with E-state index >= 15 is 0 Å². The Balaban J connectivity index is 2.76. The molecule has 21 heavy (non-hydrogen) atoms. The number of halogens is 3. The lowest BCUT2D eigenvalue weighted by molar-refractivity contribution is -0.139. The van der Waals surface area contributed by atoms with Crippen LogP contribution >= 0.6 is 34.8 Å². The Hall–Kier alpha value is -1.61. The summed E-state index contributed by atoms with van der Waals surface area (Å²) in [6, 6.07) is 4.78. The van der Waals surface area contributed by atoms with Gasteiger partial charge in [0.1, 0.15) is 6.61 Å². The van der Waals surface area contributed by atoms with Gasteiger partial charge in [-0.3, -0.25) is 0 Å². The molecule has 1 aromatic rings. The van der Waals surface area contributed by atoms with Crippen LogP contribution in [0.3, 0.4) is 0 Å². The first-order valence-corrected chi connectivity index (χ1v) is 6.66. The van der Waals surface area contributed by atoms with Crippen LogP contribution in [-0.2, 0) is 9.53 Å². The standard InChI is InChI=1S/C13H10Cl3NO4/c1-2-8-3-5-9(6-4-8)10(11(18)19)17-12(20)21-7-13(14,15)16/h1,3-6,10H,7H2,(H,17,20)(H,18,19)/t10-/m1/s1. The van der Waals surface area contributed by atoms with Gasteiger partial charge in [0.25, 0.3) is 0 Å². The third-order valence-electron chi connectivity index (χ3n) is 2.29. The number of ether oxygens (including phenoxy) is 1. The van der Waals surface area contributed by atoms with Gasteiger partial charge >= 0.3 is 12.1 Å². The van der Waals surface area contributed by atoms with Crippen molar-refractivity contribution in [2.45, 2.75) is 9.83 Å². The van der Waals surface area contributed by atoms with Gasteiger partial charge in [-0.05, 0) is 17.7 Å². The highest BCUT2D eigenvalue weighted by Gasteiger charge is 2.26. The Morgan fingerprint density at radius 3 is 2.33 bits per heavy atom. The molecular weight excluding hydrogens is 341 g/mol. The van der Waals surface area contributed by atoms with Crippen LogP contribution < -0.4 is 5.32 Å². The van der Waals surface area contributed by atoms with Gasteiger partial charge in [-0.1, -0.05) is 52.9 Å². The average molecular weight is 351 g/mol. The molecule has 8 heteroatoms. The van der Waals surface area contributed by atoms with Gasteiger partial charge in [0.05, 0.1) is 0 Å². The van der Waals surface area contributed by atoms with Crippen molar-refractivity contribution in [1.82, 2.24) is 5.32 Å². The summed E-state index contributed by atoms with van der Waals surface area (Å²) >= 11 is 16.3. The number of carbonyl (C=O) groups excluding carboxylic acids is 1. The van der Waals surface area contributed by atoms with Gasteiger partial charge in [0.2, 0.25) is 3.79 Å². The van der Waals surface area contributed by atoms with Crippen LogP contribution in [0.5, 0.6) is 0 Å². The van der Waals surface area contributed by atoms with Gasteiger partial charge in [-0.25, -0.2) is 9.59 Å². The van der Waals surface area contributed by atoms with E-state index in [1.54, 1.807) is 12.1 Å². The summed E-state index contributed by atoms with van der Waals surface area (Å²) in [5, 5.41) is 11.3. The van der Waals surface area contributed by atoms with E-state index < -0.39 is 28.5 Å². The fraction of sp³-hybridized carbons (Fsp3) is 0.231. The van der Waals surface area contributed by atoms with E-state index in [9.17, 15) is 9.59 Å². The third-order valence-corrected chi connectivity index (χ3v) is 2.61. The van der Waals surface area contributed by atoms with Crippen LogP contribution in [0.4, 0.5) is 4.79 Å². The summed E-state index contributed by atoms with van der Waals surface area (Å²) in [7, 11) is 0. The van der Waals surface area contributed by atoms with E-state index in [1.807, 2.05) is 0 Å². The molecule has 0 saturated carbocycles. The number of carbonyl (C=O) groups is 2. The molecule has 0 bridgehead atoms. The quantitative estimate of drug-likeness (QED) is 0.647. The normalized spacial score (nSPS) is 12.1. The molecule has 1 aromatic carbocycles. The number of alkyl carbamates (subject to hydrolysis) is 1. The Labute approximate surface area is 136 Å². The summed E-state index contributed by atoms with van der Waals surface area (Å²) in [6.07, 6.45) is 4.18. The minimum Gasteiger partial charge on any atom is -0.479 e. The number of nitrogens with one attached hydrogen (secondary N) is 1. The van der Waals surface area contributed by atoms with Crippen molar-refractivity contribution in [2.24, 2.45) is 0 Å². The number of aliphatic carboxylic acids is 1. The Morgan fingerprint density at radius 1 is 1.33 bits per heavy atom. The molecule has 0 fully saturated rings. The number of alkyl halides is 3. The zero-order valence-electron chi connectivity index (χ0n) is 10.5. The Kier molecular flexibility index (Phi) is 6.16. The second-order valence-electron chi connectivity index (χ2n) is 3.87. The van der Waals surface area contributed by atoms with Gasteiger partial charge in [0.15, 0.2) is 6.04 Å². The van der Waals surface area contributed by atoms with Gasteiger partial charge in [-0.2, -0.15) is 0 Å². The molecule has 0 aliphatic rings. The van der Waals surface area contributed by atoms with Crippen LogP contribution in [0.1, 0.15) is 17.2 Å². The molecule has 0 saturated heterocycles. The van der Waals surface area contributed by atoms with Crippen molar-refractivity contribution in [3.63, 3.8) is 0 Å². The largest absolute Gasteiger partial charge is 0.479 e. The third kappa shape index (κ3) is 6.13. The predicted octanol–water partition coefficient (Wildman–Crippen LogP) is 2.89. The minimum atomic E-state index is -1.77. The molecule has 0 aliphatic carbocycles. The molecule has 0 aromatic heterocycles. The highest BCUT2D eigenvalue weighted by Crippen LogP contribution is 2.26. The number of amides is 1. The average Bonchev–Trinajstić information content (AvgIpc) is 2.41. The van der Waals surface area contributed by atoms with Crippen LogP contribution in [0, 0.1) is 12.3 Å². The minimum absolute atomic E-state index is 0.326. The van der Waals surface area contributed by atoms with Crippen molar-refractivity contribution >= 4 is 46.9 Å². The molecular formula is C13H10Cl3NO4. The molecule has 0 aliphatic heterocycles. The maximum Gasteiger partial charge on any atom is 0.408 e. The van der Waals surface area contributed by atoms with Crippen LogP contribution in [0.2, 0.25) is 0 Å². The maximum absolute atomic E-state index is 11.5. The van der Waals surface area contributed by atoms with Crippen LogP contribution in [0.25, 0.3) is 0 Å². The molecule has 2 N–H and O–H groups in total. The number of benzene rings is 1. The highest BCUT2D eigenvalue weighted by atomic mass is 35.6. The number of terminal acetylenes is 1. The number of carboxylic acids is 1. The zero-order valence-corrected chi connectivity index (χ0v) is 12.7. The fourth-order valence-corrected chi connectivity index (χ4v) is 1.53. The fourth-order valence-electron chi connectivity index (χ4n) is 1.37. The molecule has 112 valence electrons. The Bertz CT molecular complexity index is 560. The van der Waals surface area contributed by atoms with E-state index in [1.165, 1.54) is 12.1 Å². The monoisotopic (exact) mass is 349 g/mol. The number of carboxylic acid groups (broad SMARTS) is 1. The van der Waals surface area contributed by atoms with E-state index in [0.29, 0.717) is 11.1 Å². The topological polar surface area (TPSA) is 75.6 Å². The highest BCUT2D eigenvalue weighted by molar-refractivity contribution is 6.67. The lowest BCUT2D eigenvalue weighted by Gasteiger charge is -2.16. The summed E-state index contributed by atoms with van der Waals surface area (Å²) < 4.78 is 2.84. The van der Waals surface area contributed by atoms with E-state index in [-0.39, 0.29) is 0 Å². The second kappa shape index (κ2) is 7.41. The number of hydrogen-bond donors (Lipinski definition) is 2. The Morgan fingerprint density at radius 2 is 1.90 bits per heavy atom. The zero-order chi connectivity index (χ0) is 16.0. The van der Waals surface area contributed by atoms with E-state index in [2.05, 4.69) is 16.0 Å². The maximum atomic E-state index is 11.5. The number of rotatable bonds is 4. The molecule has 1 atom stereocenters. The van der Waals surface area contributed by atoms with Crippen LogP contribution in [-0.4, -0.2) is 27.6 Å². The van der Waals surface area contributed by atoms with Crippen molar-refractivity contribution in [2.75, 3.05) is 6.61 Å². The molecule has 5 nitrogen and oxygen atoms in total.